The van der Waals surface area contributed by atoms with Gasteiger partial charge in [-0.2, -0.15) is 0 Å². The fraction of sp³-hybridized carbons (Fsp3) is 0.333. The van der Waals surface area contributed by atoms with E-state index in [0.29, 0.717) is 13.1 Å². The molecule has 98 valence electrons. The average molecular weight is 252 g/mol. The fourth-order valence-electron chi connectivity index (χ4n) is 1.47. The number of phenolic OH excluding ortho intramolecular Hbond substituents is 1. The van der Waals surface area contributed by atoms with E-state index in [1.807, 2.05) is 13.8 Å². The number of hydrogen-bond acceptors (Lipinski definition) is 3. The minimum atomic E-state index is -1.12. The van der Waals surface area contributed by atoms with Crippen LogP contribution in [0, 0.1) is 0 Å². The first-order valence-corrected chi connectivity index (χ1v) is 5.61. The van der Waals surface area contributed by atoms with Gasteiger partial charge in [0.1, 0.15) is 5.75 Å². The molecule has 0 aliphatic carbocycles. The van der Waals surface area contributed by atoms with Crippen molar-refractivity contribution < 1.29 is 19.8 Å². The van der Waals surface area contributed by atoms with Crippen LogP contribution in [-0.4, -0.2) is 40.2 Å². The van der Waals surface area contributed by atoms with Crippen LogP contribution in [0.25, 0.3) is 0 Å². The van der Waals surface area contributed by atoms with Crippen molar-refractivity contribution in [3.05, 3.63) is 23.8 Å². The highest BCUT2D eigenvalue weighted by Crippen LogP contribution is 2.24. The molecule has 0 saturated carbocycles. The monoisotopic (exact) mass is 252 g/mol. The van der Waals surface area contributed by atoms with Crippen LogP contribution in [0.15, 0.2) is 18.2 Å². The molecular formula is C12H16N2O4. The summed E-state index contributed by atoms with van der Waals surface area (Å²) in [6.07, 6.45) is 0. The summed E-state index contributed by atoms with van der Waals surface area (Å²) in [7, 11) is 0. The summed E-state index contributed by atoms with van der Waals surface area (Å²) >= 11 is 0. The maximum absolute atomic E-state index is 11.8. The van der Waals surface area contributed by atoms with Gasteiger partial charge in [-0.1, -0.05) is 0 Å². The van der Waals surface area contributed by atoms with Crippen LogP contribution in [0.2, 0.25) is 0 Å². The van der Waals surface area contributed by atoms with Crippen molar-refractivity contribution >= 4 is 17.7 Å². The zero-order chi connectivity index (χ0) is 13.7. The van der Waals surface area contributed by atoms with Crippen molar-refractivity contribution in [3.63, 3.8) is 0 Å². The van der Waals surface area contributed by atoms with Gasteiger partial charge in [0.25, 0.3) is 0 Å². The summed E-state index contributed by atoms with van der Waals surface area (Å²) in [6.45, 7) is 4.72. The molecule has 0 fully saturated rings. The molecule has 0 aliphatic rings. The Morgan fingerprint density at radius 2 is 1.89 bits per heavy atom. The van der Waals surface area contributed by atoms with Crippen LogP contribution in [0.4, 0.5) is 10.5 Å². The van der Waals surface area contributed by atoms with Gasteiger partial charge in [-0.15, -0.1) is 0 Å². The normalized spacial score (nSPS) is 9.89. The van der Waals surface area contributed by atoms with Gasteiger partial charge in [-0.3, -0.25) is 0 Å². The minimum Gasteiger partial charge on any atom is -0.506 e. The molecule has 0 saturated heterocycles. The molecule has 1 aromatic rings. The number of carbonyl (C=O) groups is 2. The highest BCUT2D eigenvalue weighted by Gasteiger charge is 2.13. The van der Waals surface area contributed by atoms with Crippen molar-refractivity contribution in [2.45, 2.75) is 13.8 Å². The van der Waals surface area contributed by atoms with E-state index in [-0.39, 0.29) is 23.0 Å². The predicted octanol–water partition coefficient (Wildman–Crippen LogP) is 1.96. The third-order valence-corrected chi connectivity index (χ3v) is 2.54. The van der Waals surface area contributed by atoms with E-state index in [4.69, 9.17) is 5.11 Å². The quantitative estimate of drug-likeness (QED) is 0.714. The van der Waals surface area contributed by atoms with Gasteiger partial charge in [0, 0.05) is 13.1 Å². The van der Waals surface area contributed by atoms with E-state index in [1.54, 1.807) is 0 Å². The summed E-state index contributed by atoms with van der Waals surface area (Å²) < 4.78 is 0. The number of amides is 2. The second-order valence-electron chi connectivity index (χ2n) is 3.64. The number of aromatic hydroxyl groups is 1. The van der Waals surface area contributed by atoms with Crippen molar-refractivity contribution in [1.29, 1.82) is 0 Å². The molecule has 3 N–H and O–H groups in total. The standard InChI is InChI=1S/C12H16N2O4/c1-3-14(4-2)12(18)13-9-7-8(11(16)17)5-6-10(9)15/h5-7,15H,3-4H2,1-2H3,(H,13,18)(H,16,17). The Morgan fingerprint density at radius 3 is 2.39 bits per heavy atom. The first-order chi connectivity index (χ1) is 8.49. The second-order valence-corrected chi connectivity index (χ2v) is 3.64. The lowest BCUT2D eigenvalue weighted by Gasteiger charge is -2.19. The van der Waals surface area contributed by atoms with E-state index in [1.165, 1.54) is 23.1 Å². The van der Waals surface area contributed by atoms with E-state index in [0.717, 1.165) is 0 Å². The number of urea groups is 1. The van der Waals surface area contributed by atoms with Crippen LogP contribution < -0.4 is 5.32 Å². The van der Waals surface area contributed by atoms with Crippen molar-refractivity contribution in [2.24, 2.45) is 0 Å². The van der Waals surface area contributed by atoms with Crippen LogP contribution >= 0.6 is 0 Å². The number of phenols is 1. The van der Waals surface area contributed by atoms with Gasteiger partial charge in [0.15, 0.2) is 0 Å². The van der Waals surface area contributed by atoms with Gasteiger partial charge in [0.2, 0.25) is 0 Å². The van der Waals surface area contributed by atoms with Crippen LogP contribution in [0.3, 0.4) is 0 Å². The number of carboxylic acids is 1. The molecule has 6 heteroatoms. The molecule has 0 atom stereocenters. The lowest BCUT2D eigenvalue weighted by Crippen LogP contribution is -2.34. The number of carboxylic acid groups (broad SMARTS) is 1. The fourth-order valence-corrected chi connectivity index (χ4v) is 1.47. The molecule has 0 heterocycles. The van der Waals surface area contributed by atoms with Gasteiger partial charge < -0.3 is 20.4 Å². The Kier molecular flexibility index (Phi) is 4.53. The highest BCUT2D eigenvalue weighted by molar-refractivity contribution is 5.94. The number of hydrogen-bond donors (Lipinski definition) is 3. The number of nitrogens with one attached hydrogen (secondary N) is 1. The molecule has 0 aromatic heterocycles. The number of anilines is 1. The summed E-state index contributed by atoms with van der Waals surface area (Å²) in [5, 5.41) is 20.9. The van der Waals surface area contributed by atoms with Gasteiger partial charge in [0.05, 0.1) is 11.3 Å². The molecular weight excluding hydrogens is 236 g/mol. The van der Waals surface area contributed by atoms with E-state index < -0.39 is 5.97 Å². The van der Waals surface area contributed by atoms with E-state index in [9.17, 15) is 14.7 Å². The van der Waals surface area contributed by atoms with Gasteiger partial charge in [-0.05, 0) is 32.0 Å². The Morgan fingerprint density at radius 1 is 1.28 bits per heavy atom. The summed E-state index contributed by atoms with van der Waals surface area (Å²) in [5.74, 6) is -1.28. The Hall–Kier alpha value is -2.24. The number of carbonyl (C=O) groups excluding carboxylic acids is 1. The molecule has 0 radical (unpaired) electrons. The van der Waals surface area contributed by atoms with Gasteiger partial charge >= 0.3 is 12.0 Å². The van der Waals surface area contributed by atoms with E-state index in [2.05, 4.69) is 5.32 Å². The third kappa shape index (κ3) is 3.13. The maximum Gasteiger partial charge on any atom is 0.335 e. The summed E-state index contributed by atoms with van der Waals surface area (Å²) in [4.78, 5) is 24.1. The molecule has 1 rings (SSSR count). The van der Waals surface area contributed by atoms with Crippen LogP contribution in [-0.2, 0) is 0 Å². The SMILES string of the molecule is CCN(CC)C(=O)Nc1cc(C(=O)O)ccc1O. The summed E-state index contributed by atoms with van der Waals surface area (Å²) in [6, 6.07) is 3.35. The molecule has 6 nitrogen and oxygen atoms in total. The molecule has 0 spiro atoms. The number of aromatic carboxylic acids is 1. The molecule has 1 aromatic carbocycles. The Bertz CT molecular complexity index is 455. The minimum absolute atomic E-state index is 0.00245. The molecule has 2 amide bonds. The predicted molar refractivity (Wildman–Crippen MR) is 67.0 cm³/mol. The maximum atomic E-state index is 11.8. The Balaban J connectivity index is 2.93. The molecule has 18 heavy (non-hydrogen) atoms. The first kappa shape index (κ1) is 13.8. The lowest BCUT2D eigenvalue weighted by molar-refractivity contribution is 0.0697. The largest absolute Gasteiger partial charge is 0.506 e. The van der Waals surface area contributed by atoms with Crippen molar-refractivity contribution in [2.75, 3.05) is 18.4 Å². The number of benzene rings is 1. The van der Waals surface area contributed by atoms with Crippen molar-refractivity contribution in [1.82, 2.24) is 4.90 Å². The molecule has 0 bridgehead atoms. The third-order valence-electron chi connectivity index (χ3n) is 2.54. The zero-order valence-corrected chi connectivity index (χ0v) is 10.3. The topological polar surface area (TPSA) is 89.9 Å². The van der Waals surface area contributed by atoms with Crippen LogP contribution in [0.5, 0.6) is 5.75 Å². The number of rotatable bonds is 4. The lowest BCUT2D eigenvalue weighted by atomic mass is 10.2. The molecule has 0 unspecified atom stereocenters. The second kappa shape index (κ2) is 5.90. The highest BCUT2D eigenvalue weighted by atomic mass is 16.4. The summed E-state index contributed by atoms with van der Waals surface area (Å²) in [5.41, 5.74) is 0.0921. The average Bonchev–Trinajstić information content (AvgIpc) is 2.33. The first-order valence-electron chi connectivity index (χ1n) is 5.61. The molecule has 0 aliphatic heterocycles. The van der Waals surface area contributed by atoms with E-state index >= 15 is 0 Å². The van der Waals surface area contributed by atoms with Crippen molar-refractivity contribution in [3.8, 4) is 5.75 Å². The van der Waals surface area contributed by atoms with Crippen LogP contribution in [0.1, 0.15) is 24.2 Å². The zero-order valence-electron chi connectivity index (χ0n) is 10.3. The van der Waals surface area contributed by atoms with Gasteiger partial charge in [-0.25, -0.2) is 9.59 Å². The number of nitrogens with zero attached hydrogens (tertiary/aromatic N) is 1. The Labute approximate surface area is 105 Å². The smallest absolute Gasteiger partial charge is 0.335 e.